The summed E-state index contributed by atoms with van der Waals surface area (Å²) in [6, 6.07) is 1.61. The van der Waals surface area contributed by atoms with Gasteiger partial charge in [-0.3, -0.25) is 4.79 Å². The maximum atomic E-state index is 13.1. The highest BCUT2D eigenvalue weighted by molar-refractivity contribution is 7.91. The molecule has 0 aliphatic carbocycles. The molecule has 0 aromatic carbocycles. The van der Waals surface area contributed by atoms with Crippen molar-refractivity contribution in [3.8, 4) is 11.4 Å². The SMILES string of the molecule is CCc1nc(-c2csc(S(=O)(=O)N3CCC(C(=O)N4CCC(C)CC4)CC3)c2)no1. The lowest BCUT2D eigenvalue weighted by Crippen LogP contribution is -2.46. The predicted octanol–water partition coefficient (Wildman–Crippen LogP) is 3.02. The van der Waals surface area contributed by atoms with Gasteiger partial charge in [-0.05, 0) is 37.7 Å². The van der Waals surface area contributed by atoms with Gasteiger partial charge < -0.3 is 9.42 Å². The molecular weight excluding hydrogens is 424 g/mol. The van der Waals surface area contributed by atoms with E-state index < -0.39 is 10.0 Å². The first kappa shape index (κ1) is 21.5. The molecule has 2 aromatic rings. The van der Waals surface area contributed by atoms with E-state index in [-0.39, 0.29) is 16.0 Å². The minimum absolute atomic E-state index is 0.0736. The van der Waals surface area contributed by atoms with Crippen LogP contribution < -0.4 is 0 Å². The first-order chi connectivity index (χ1) is 14.4. The molecule has 164 valence electrons. The highest BCUT2D eigenvalue weighted by Gasteiger charge is 2.35. The van der Waals surface area contributed by atoms with Crippen molar-refractivity contribution in [3.05, 3.63) is 17.3 Å². The summed E-state index contributed by atoms with van der Waals surface area (Å²) in [5.41, 5.74) is 0.645. The monoisotopic (exact) mass is 452 g/mol. The van der Waals surface area contributed by atoms with E-state index in [2.05, 4.69) is 17.1 Å². The Balaban J connectivity index is 1.38. The van der Waals surface area contributed by atoms with Crippen LogP contribution in [0.4, 0.5) is 0 Å². The van der Waals surface area contributed by atoms with Crippen LogP contribution in [0, 0.1) is 11.8 Å². The predicted molar refractivity (Wildman–Crippen MR) is 113 cm³/mol. The van der Waals surface area contributed by atoms with Crippen LogP contribution in [-0.4, -0.2) is 59.8 Å². The summed E-state index contributed by atoms with van der Waals surface area (Å²) >= 11 is 1.17. The summed E-state index contributed by atoms with van der Waals surface area (Å²) < 4.78 is 33.1. The Labute approximate surface area is 181 Å². The number of aryl methyl sites for hydroxylation is 1. The molecule has 30 heavy (non-hydrogen) atoms. The number of likely N-dealkylation sites (tertiary alicyclic amines) is 1. The maximum Gasteiger partial charge on any atom is 0.252 e. The lowest BCUT2D eigenvalue weighted by molar-refractivity contribution is -0.138. The first-order valence-electron chi connectivity index (χ1n) is 10.6. The molecule has 0 saturated carbocycles. The molecule has 0 N–H and O–H groups in total. The molecule has 2 aliphatic rings. The standard InChI is InChI=1S/C20H28N4O4S2/c1-3-17-21-19(22-28-17)16-12-18(29-13-16)30(26,27)24-10-6-15(7-11-24)20(25)23-8-4-14(2)5-9-23/h12-15H,3-11H2,1-2H3. The second kappa shape index (κ2) is 8.76. The third-order valence-electron chi connectivity index (χ3n) is 6.10. The minimum Gasteiger partial charge on any atom is -0.342 e. The summed E-state index contributed by atoms with van der Waals surface area (Å²) in [6.07, 6.45) is 3.89. The van der Waals surface area contributed by atoms with Gasteiger partial charge in [-0.25, -0.2) is 8.42 Å². The zero-order valence-corrected chi connectivity index (χ0v) is 19.0. The van der Waals surface area contributed by atoms with Crippen molar-refractivity contribution >= 4 is 27.3 Å². The second-order valence-corrected chi connectivity index (χ2v) is 11.3. The van der Waals surface area contributed by atoms with E-state index in [0.29, 0.717) is 55.5 Å². The van der Waals surface area contributed by atoms with E-state index in [9.17, 15) is 13.2 Å². The highest BCUT2D eigenvalue weighted by atomic mass is 32.2. The van der Waals surface area contributed by atoms with Crippen LogP contribution in [0.2, 0.25) is 0 Å². The molecule has 4 rings (SSSR count). The van der Waals surface area contributed by atoms with E-state index in [1.54, 1.807) is 11.4 Å². The fourth-order valence-electron chi connectivity index (χ4n) is 4.04. The number of nitrogens with zero attached hydrogens (tertiary/aromatic N) is 4. The Morgan fingerprint density at radius 2 is 1.90 bits per heavy atom. The van der Waals surface area contributed by atoms with Crippen molar-refractivity contribution in [2.75, 3.05) is 26.2 Å². The van der Waals surface area contributed by atoms with Gasteiger partial charge in [0.1, 0.15) is 4.21 Å². The molecule has 2 aliphatic heterocycles. The number of carbonyl (C=O) groups excluding carboxylic acids is 1. The number of amides is 1. The number of sulfonamides is 1. The second-order valence-electron chi connectivity index (χ2n) is 8.21. The van der Waals surface area contributed by atoms with Crippen molar-refractivity contribution < 1.29 is 17.7 Å². The lowest BCUT2D eigenvalue weighted by Gasteiger charge is -2.36. The Morgan fingerprint density at radius 1 is 1.20 bits per heavy atom. The van der Waals surface area contributed by atoms with Crippen LogP contribution in [0.5, 0.6) is 0 Å². The van der Waals surface area contributed by atoms with Crippen molar-refractivity contribution in [2.45, 2.75) is 50.2 Å². The third kappa shape index (κ3) is 4.31. The summed E-state index contributed by atoms with van der Waals surface area (Å²) in [7, 11) is -3.59. The van der Waals surface area contributed by atoms with Crippen molar-refractivity contribution in [3.63, 3.8) is 0 Å². The smallest absolute Gasteiger partial charge is 0.252 e. The van der Waals surface area contributed by atoms with Crippen LogP contribution in [0.15, 0.2) is 20.2 Å². The number of hydrogen-bond donors (Lipinski definition) is 0. The molecule has 2 aromatic heterocycles. The Bertz CT molecular complexity index is 984. The summed E-state index contributed by atoms with van der Waals surface area (Å²) in [5, 5.41) is 5.65. The van der Waals surface area contributed by atoms with Crippen LogP contribution in [-0.2, 0) is 21.2 Å². The van der Waals surface area contributed by atoms with Gasteiger partial charge in [0.2, 0.25) is 17.6 Å². The number of carbonyl (C=O) groups is 1. The normalized spacial score (nSPS) is 20.0. The highest BCUT2D eigenvalue weighted by Crippen LogP contribution is 2.32. The van der Waals surface area contributed by atoms with Gasteiger partial charge >= 0.3 is 0 Å². The molecule has 0 bridgehead atoms. The maximum absolute atomic E-state index is 13.1. The summed E-state index contributed by atoms with van der Waals surface area (Å²) in [6.45, 7) is 6.54. The fraction of sp³-hybridized carbons (Fsp3) is 0.650. The molecular formula is C20H28N4O4S2. The quantitative estimate of drug-likeness (QED) is 0.692. The number of rotatable bonds is 5. The fourth-order valence-corrected chi connectivity index (χ4v) is 6.82. The topological polar surface area (TPSA) is 96.6 Å². The number of hydrogen-bond acceptors (Lipinski definition) is 7. The van der Waals surface area contributed by atoms with Gasteiger partial charge in [-0.1, -0.05) is 19.0 Å². The molecule has 4 heterocycles. The lowest BCUT2D eigenvalue weighted by atomic mass is 9.93. The number of piperidine rings is 2. The van der Waals surface area contributed by atoms with E-state index >= 15 is 0 Å². The van der Waals surface area contributed by atoms with Crippen LogP contribution >= 0.6 is 11.3 Å². The average molecular weight is 453 g/mol. The summed E-state index contributed by atoms with van der Waals surface area (Å²) in [5.74, 6) is 1.73. The van der Waals surface area contributed by atoms with Crippen LogP contribution in [0.1, 0.15) is 45.4 Å². The van der Waals surface area contributed by atoms with Crippen molar-refractivity contribution in [1.82, 2.24) is 19.3 Å². The van der Waals surface area contributed by atoms with E-state index in [1.807, 2.05) is 11.8 Å². The summed E-state index contributed by atoms with van der Waals surface area (Å²) in [4.78, 5) is 19.0. The van der Waals surface area contributed by atoms with Gasteiger partial charge in [0, 0.05) is 49.5 Å². The van der Waals surface area contributed by atoms with E-state index in [1.165, 1.54) is 15.6 Å². The molecule has 0 atom stereocenters. The Morgan fingerprint density at radius 3 is 2.53 bits per heavy atom. The molecule has 0 spiro atoms. The molecule has 10 heteroatoms. The van der Waals surface area contributed by atoms with Crippen LogP contribution in [0.3, 0.4) is 0 Å². The van der Waals surface area contributed by atoms with Gasteiger partial charge in [-0.2, -0.15) is 9.29 Å². The Kier molecular flexibility index (Phi) is 6.26. The number of aromatic nitrogens is 2. The third-order valence-corrected chi connectivity index (χ3v) is 9.41. The molecule has 0 unspecified atom stereocenters. The first-order valence-corrected chi connectivity index (χ1v) is 12.9. The van der Waals surface area contributed by atoms with Gasteiger partial charge in [0.15, 0.2) is 0 Å². The van der Waals surface area contributed by atoms with Gasteiger partial charge in [0.25, 0.3) is 10.0 Å². The molecule has 0 radical (unpaired) electrons. The van der Waals surface area contributed by atoms with Crippen molar-refractivity contribution in [2.24, 2.45) is 11.8 Å². The zero-order chi connectivity index (χ0) is 21.3. The Hall–Kier alpha value is -1.78. The van der Waals surface area contributed by atoms with Crippen LogP contribution in [0.25, 0.3) is 11.4 Å². The number of thiophene rings is 1. The van der Waals surface area contributed by atoms with E-state index in [0.717, 1.165) is 25.9 Å². The van der Waals surface area contributed by atoms with Crippen molar-refractivity contribution in [1.29, 1.82) is 0 Å². The molecule has 2 saturated heterocycles. The van der Waals surface area contributed by atoms with Gasteiger partial charge in [-0.15, -0.1) is 11.3 Å². The van der Waals surface area contributed by atoms with E-state index in [4.69, 9.17) is 4.52 Å². The molecule has 2 fully saturated rings. The minimum atomic E-state index is -3.59. The molecule has 1 amide bonds. The molecule has 8 nitrogen and oxygen atoms in total. The largest absolute Gasteiger partial charge is 0.342 e. The average Bonchev–Trinajstić information content (AvgIpc) is 3.43. The van der Waals surface area contributed by atoms with Gasteiger partial charge in [0.05, 0.1) is 0 Å². The zero-order valence-electron chi connectivity index (χ0n) is 17.4.